The molecule has 2 amide bonds. The van der Waals surface area contributed by atoms with Gasteiger partial charge in [-0.15, -0.1) is 0 Å². The minimum Gasteiger partial charge on any atom is -0.481 e. The van der Waals surface area contributed by atoms with Crippen LogP contribution in [0.25, 0.3) is 11.1 Å². The van der Waals surface area contributed by atoms with Crippen LogP contribution in [0.2, 0.25) is 0 Å². The van der Waals surface area contributed by atoms with Crippen molar-refractivity contribution in [3.63, 3.8) is 0 Å². The lowest BCUT2D eigenvalue weighted by atomic mass is 9.97. The molecule has 170 valence electrons. The van der Waals surface area contributed by atoms with E-state index in [9.17, 15) is 14.4 Å². The fraction of sp³-hybridized carbons (Fsp3) is 0.400. The number of rotatable bonds is 9. The third-order valence-electron chi connectivity index (χ3n) is 5.79. The molecule has 0 heterocycles. The van der Waals surface area contributed by atoms with Crippen molar-refractivity contribution in [1.29, 1.82) is 0 Å². The van der Waals surface area contributed by atoms with Crippen molar-refractivity contribution in [1.82, 2.24) is 10.6 Å². The maximum Gasteiger partial charge on any atom is 0.407 e. The molecule has 3 N–H and O–H groups in total. The Labute approximate surface area is 188 Å². The molecule has 7 heteroatoms. The van der Waals surface area contributed by atoms with E-state index in [4.69, 9.17) is 9.84 Å². The van der Waals surface area contributed by atoms with Gasteiger partial charge in [0.1, 0.15) is 12.6 Å². The van der Waals surface area contributed by atoms with E-state index in [0.717, 1.165) is 22.3 Å². The molecule has 3 rings (SSSR count). The number of carboxylic acid groups (broad SMARTS) is 1. The number of carboxylic acids is 1. The quantitative estimate of drug-likeness (QED) is 0.548. The molecule has 0 fully saturated rings. The van der Waals surface area contributed by atoms with Crippen molar-refractivity contribution in [3.05, 3.63) is 59.7 Å². The van der Waals surface area contributed by atoms with Gasteiger partial charge in [-0.25, -0.2) is 4.79 Å². The molecule has 1 unspecified atom stereocenters. The van der Waals surface area contributed by atoms with E-state index in [-0.39, 0.29) is 31.3 Å². The van der Waals surface area contributed by atoms with Crippen LogP contribution in [0.3, 0.4) is 0 Å². The number of hydrogen-bond acceptors (Lipinski definition) is 4. The summed E-state index contributed by atoms with van der Waals surface area (Å²) in [6.45, 7) is 5.47. The van der Waals surface area contributed by atoms with Gasteiger partial charge in [-0.1, -0.05) is 55.5 Å². The van der Waals surface area contributed by atoms with E-state index in [1.165, 1.54) is 0 Å². The van der Waals surface area contributed by atoms with Gasteiger partial charge in [-0.3, -0.25) is 9.59 Å². The van der Waals surface area contributed by atoms with Crippen LogP contribution in [0.15, 0.2) is 48.5 Å². The molecule has 0 bridgehead atoms. The molecule has 0 saturated heterocycles. The second kappa shape index (κ2) is 9.85. The highest BCUT2D eigenvalue weighted by atomic mass is 16.5. The second-order valence-corrected chi connectivity index (χ2v) is 8.70. The molecule has 0 radical (unpaired) electrons. The van der Waals surface area contributed by atoms with Gasteiger partial charge < -0.3 is 20.5 Å². The first-order valence-electron chi connectivity index (χ1n) is 10.9. The molecule has 1 atom stereocenters. The smallest absolute Gasteiger partial charge is 0.407 e. The van der Waals surface area contributed by atoms with Crippen molar-refractivity contribution in [2.45, 2.75) is 57.5 Å². The average molecular weight is 439 g/mol. The Morgan fingerprint density at radius 1 is 1.03 bits per heavy atom. The molecule has 2 aromatic carbocycles. The average Bonchev–Trinajstić information content (AvgIpc) is 3.08. The number of aliphatic carboxylic acids is 1. The Morgan fingerprint density at radius 2 is 1.59 bits per heavy atom. The fourth-order valence-corrected chi connectivity index (χ4v) is 4.04. The van der Waals surface area contributed by atoms with Crippen LogP contribution in [0, 0.1) is 0 Å². The van der Waals surface area contributed by atoms with Crippen LogP contribution in [-0.2, 0) is 14.3 Å². The van der Waals surface area contributed by atoms with E-state index in [2.05, 4.69) is 22.8 Å². The number of ether oxygens (including phenoxy) is 1. The Bertz CT molecular complexity index is 956. The molecule has 2 aromatic rings. The SMILES string of the molecule is CCC(NC(=O)OCC1c2ccccc2-c2ccccc21)C(=O)NC(C)(C)CCC(=O)O. The summed E-state index contributed by atoms with van der Waals surface area (Å²) >= 11 is 0. The van der Waals surface area contributed by atoms with Crippen molar-refractivity contribution in [3.8, 4) is 11.1 Å². The van der Waals surface area contributed by atoms with Gasteiger partial charge in [-0.05, 0) is 48.9 Å². The monoisotopic (exact) mass is 438 g/mol. The standard InChI is InChI=1S/C25H30N2O5/c1-4-21(23(30)27-25(2,3)14-13-22(28)29)26-24(31)32-15-20-18-11-7-5-9-16(18)17-10-6-8-12-19(17)20/h5-12,20-21H,4,13-15H2,1-3H3,(H,26,31)(H,27,30)(H,28,29). The maximum absolute atomic E-state index is 12.6. The number of alkyl carbamates (subject to hydrolysis) is 1. The largest absolute Gasteiger partial charge is 0.481 e. The summed E-state index contributed by atoms with van der Waals surface area (Å²) in [5.41, 5.74) is 3.82. The number of carbonyl (C=O) groups is 3. The van der Waals surface area contributed by atoms with Crippen LogP contribution in [0.4, 0.5) is 4.79 Å². The van der Waals surface area contributed by atoms with Crippen molar-refractivity contribution in [2.75, 3.05) is 6.61 Å². The van der Waals surface area contributed by atoms with Crippen LogP contribution >= 0.6 is 0 Å². The van der Waals surface area contributed by atoms with Crippen LogP contribution in [0.5, 0.6) is 0 Å². The number of carbonyl (C=O) groups excluding carboxylic acids is 2. The lowest BCUT2D eigenvalue weighted by molar-refractivity contribution is -0.138. The van der Waals surface area contributed by atoms with E-state index >= 15 is 0 Å². The van der Waals surface area contributed by atoms with E-state index < -0.39 is 23.6 Å². The highest BCUT2D eigenvalue weighted by Crippen LogP contribution is 2.44. The van der Waals surface area contributed by atoms with Gasteiger partial charge in [-0.2, -0.15) is 0 Å². The minimum atomic E-state index is -0.920. The van der Waals surface area contributed by atoms with Gasteiger partial charge in [0.2, 0.25) is 5.91 Å². The Hall–Kier alpha value is -3.35. The molecular weight excluding hydrogens is 408 g/mol. The first kappa shape index (κ1) is 23.3. The minimum absolute atomic E-state index is 0.0517. The van der Waals surface area contributed by atoms with E-state index in [1.807, 2.05) is 36.4 Å². The van der Waals surface area contributed by atoms with Gasteiger partial charge in [0, 0.05) is 17.9 Å². The number of amides is 2. The van der Waals surface area contributed by atoms with Crippen LogP contribution in [0.1, 0.15) is 57.1 Å². The lowest BCUT2D eigenvalue weighted by Gasteiger charge is -2.28. The van der Waals surface area contributed by atoms with Crippen molar-refractivity contribution >= 4 is 18.0 Å². The molecular formula is C25H30N2O5. The Kier molecular flexibility index (Phi) is 7.18. The van der Waals surface area contributed by atoms with Gasteiger partial charge in [0.15, 0.2) is 0 Å². The molecule has 0 spiro atoms. The first-order valence-corrected chi connectivity index (χ1v) is 10.9. The molecule has 0 saturated carbocycles. The van der Waals surface area contributed by atoms with Crippen molar-refractivity contribution < 1.29 is 24.2 Å². The van der Waals surface area contributed by atoms with Gasteiger partial charge in [0.05, 0.1) is 0 Å². The predicted molar refractivity (Wildman–Crippen MR) is 121 cm³/mol. The summed E-state index contributed by atoms with van der Waals surface area (Å²) in [6.07, 6.45) is -0.0399. The molecule has 1 aliphatic carbocycles. The molecule has 32 heavy (non-hydrogen) atoms. The Morgan fingerprint density at radius 3 is 2.12 bits per heavy atom. The summed E-state index contributed by atoms with van der Waals surface area (Å²) in [7, 11) is 0. The summed E-state index contributed by atoms with van der Waals surface area (Å²) in [5, 5.41) is 14.3. The van der Waals surface area contributed by atoms with E-state index in [0.29, 0.717) is 6.42 Å². The van der Waals surface area contributed by atoms with Crippen LogP contribution in [-0.4, -0.2) is 41.3 Å². The Balaban J connectivity index is 1.59. The zero-order chi connectivity index (χ0) is 23.3. The van der Waals surface area contributed by atoms with Crippen LogP contribution < -0.4 is 10.6 Å². The highest BCUT2D eigenvalue weighted by Gasteiger charge is 2.30. The summed E-state index contributed by atoms with van der Waals surface area (Å²) < 4.78 is 5.52. The number of nitrogens with one attached hydrogen (secondary N) is 2. The zero-order valence-corrected chi connectivity index (χ0v) is 18.7. The number of benzene rings is 2. The fourth-order valence-electron chi connectivity index (χ4n) is 4.04. The maximum atomic E-state index is 12.6. The zero-order valence-electron chi connectivity index (χ0n) is 18.7. The third kappa shape index (κ3) is 5.46. The molecule has 0 aromatic heterocycles. The van der Waals surface area contributed by atoms with Gasteiger partial charge in [0.25, 0.3) is 0 Å². The highest BCUT2D eigenvalue weighted by molar-refractivity contribution is 5.86. The number of fused-ring (bicyclic) bond motifs is 3. The summed E-state index contributed by atoms with van der Waals surface area (Å²) in [4.78, 5) is 35.9. The predicted octanol–water partition coefficient (Wildman–Crippen LogP) is 4.06. The van der Waals surface area contributed by atoms with Crippen molar-refractivity contribution in [2.24, 2.45) is 0 Å². The second-order valence-electron chi connectivity index (χ2n) is 8.70. The third-order valence-corrected chi connectivity index (χ3v) is 5.79. The van der Waals surface area contributed by atoms with E-state index in [1.54, 1.807) is 20.8 Å². The molecule has 7 nitrogen and oxygen atoms in total. The molecule has 1 aliphatic rings. The van der Waals surface area contributed by atoms with Gasteiger partial charge >= 0.3 is 12.1 Å². The first-order chi connectivity index (χ1) is 15.2. The lowest BCUT2D eigenvalue weighted by Crippen LogP contribution is -2.53. The topological polar surface area (TPSA) is 105 Å². The summed E-state index contributed by atoms with van der Waals surface area (Å²) in [6, 6.07) is 15.4. The number of hydrogen-bond donors (Lipinski definition) is 3. The summed E-state index contributed by atoms with van der Waals surface area (Å²) in [5.74, 6) is -1.34. The molecule has 0 aliphatic heterocycles. The normalized spacial score (nSPS) is 13.6.